The number of rotatable bonds is 11. The highest BCUT2D eigenvalue weighted by molar-refractivity contribution is 5.92. The van der Waals surface area contributed by atoms with Crippen molar-refractivity contribution in [3.63, 3.8) is 0 Å². The summed E-state index contributed by atoms with van der Waals surface area (Å²) in [6, 6.07) is 13.0. The van der Waals surface area contributed by atoms with Crippen LogP contribution in [-0.2, 0) is 9.47 Å². The number of nitro groups is 1. The Hall–Kier alpha value is -3.30. The molecule has 1 fully saturated rings. The minimum absolute atomic E-state index is 0.0319. The first kappa shape index (κ1) is 23.8. The van der Waals surface area contributed by atoms with Gasteiger partial charge in [-0.2, -0.15) is 0 Å². The van der Waals surface area contributed by atoms with Gasteiger partial charge in [0.25, 0.3) is 0 Å². The minimum Gasteiger partial charge on any atom is -0.487 e. The van der Waals surface area contributed by atoms with Crippen LogP contribution in [-0.4, -0.2) is 41.0 Å². The molecule has 3 aromatic rings. The van der Waals surface area contributed by atoms with E-state index in [0.717, 1.165) is 37.9 Å². The third-order valence-electron chi connectivity index (χ3n) is 5.80. The van der Waals surface area contributed by atoms with E-state index < -0.39 is 4.92 Å². The molecule has 2 atom stereocenters. The van der Waals surface area contributed by atoms with Crippen LogP contribution in [0.5, 0.6) is 5.75 Å². The molecule has 1 aromatic heterocycles. The van der Waals surface area contributed by atoms with Gasteiger partial charge >= 0.3 is 5.69 Å². The number of hydrogen-bond acceptors (Lipinski definition) is 8. The van der Waals surface area contributed by atoms with Gasteiger partial charge in [-0.05, 0) is 44.6 Å². The van der Waals surface area contributed by atoms with Crippen LogP contribution in [0.3, 0.4) is 0 Å². The number of nitrogens with zero attached hydrogens (tertiary/aromatic N) is 3. The van der Waals surface area contributed by atoms with E-state index >= 15 is 0 Å². The highest BCUT2D eigenvalue weighted by atomic mass is 16.7. The van der Waals surface area contributed by atoms with Crippen LogP contribution in [0.15, 0.2) is 48.8 Å². The number of nitrogens with one attached hydrogen (secondary N) is 1. The van der Waals surface area contributed by atoms with E-state index in [9.17, 15) is 10.1 Å². The summed E-state index contributed by atoms with van der Waals surface area (Å²) in [5, 5.41) is 15.7. The second kappa shape index (κ2) is 11.7. The predicted octanol–water partition coefficient (Wildman–Crippen LogP) is 5.41. The summed E-state index contributed by atoms with van der Waals surface area (Å²) in [6.07, 6.45) is 5.99. The molecule has 9 nitrogen and oxygen atoms in total. The van der Waals surface area contributed by atoms with Crippen molar-refractivity contribution in [2.45, 2.75) is 51.4 Å². The molecular formula is C25H30N4O5. The van der Waals surface area contributed by atoms with Crippen molar-refractivity contribution < 1.29 is 19.1 Å². The van der Waals surface area contributed by atoms with Crippen molar-refractivity contribution >= 4 is 22.4 Å². The third-order valence-corrected chi connectivity index (χ3v) is 5.80. The first-order valence-corrected chi connectivity index (χ1v) is 11.7. The van der Waals surface area contributed by atoms with Crippen LogP contribution in [0.2, 0.25) is 0 Å². The van der Waals surface area contributed by atoms with E-state index in [1.165, 1.54) is 12.4 Å². The topological polar surface area (TPSA) is 109 Å². The van der Waals surface area contributed by atoms with Gasteiger partial charge < -0.3 is 19.5 Å². The van der Waals surface area contributed by atoms with E-state index in [1.807, 2.05) is 37.3 Å². The van der Waals surface area contributed by atoms with Crippen molar-refractivity contribution in [2.75, 3.05) is 25.1 Å². The average Bonchev–Trinajstić information content (AvgIpc) is 2.87. The molecule has 0 amide bonds. The molecular weight excluding hydrogens is 436 g/mol. The van der Waals surface area contributed by atoms with E-state index in [-0.39, 0.29) is 23.8 Å². The fourth-order valence-electron chi connectivity index (χ4n) is 3.92. The molecule has 4 rings (SSSR count). The summed E-state index contributed by atoms with van der Waals surface area (Å²) in [5.74, 6) is 0.743. The molecule has 1 unspecified atom stereocenters. The first-order chi connectivity index (χ1) is 16.6. The Balaban J connectivity index is 1.40. The van der Waals surface area contributed by atoms with Gasteiger partial charge in [-0.1, -0.05) is 30.3 Å². The van der Waals surface area contributed by atoms with Gasteiger partial charge in [-0.3, -0.25) is 10.1 Å². The fraction of sp³-hybridized carbons (Fsp3) is 0.440. The van der Waals surface area contributed by atoms with E-state index in [1.54, 1.807) is 6.07 Å². The zero-order chi connectivity index (χ0) is 23.8. The smallest absolute Gasteiger partial charge is 0.311 e. The second-order valence-corrected chi connectivity index (χ2v) is 8.32. The maximum Gasteiger partial charge on any atom is 0.311 e. The van der Waals surface area contributed by atoms with Gasteiger partial charge in [-0.25, -0.2) is 9.97 Å². The lowest BCUT2D eigenvalue weighted by molar-refractivity contribution is -0.385. The summed E-state index contributed by atoms with van der Waals surface area (Å²) < 4.78 is 17.1. The first-order valence-electron chi connectivity index (χ1n) is 11.7. The molecule has 0 radical (unpaired) electrons. The number of anilines is 1. The molecule has 1 saturated heterocycles. The summed E-state index contributed by atoms with van der Waals surface area (Å²) in [7, 11) is 0. The number of benzene rings is 2. The van der Waals surface area contributed by atoms with Gasteiger partial charge in [0.2, 0.25) is 0 Å². The molecule has 1 N–H and O–H groups in total. The normalized spacial score (nSPS) is 16.8. The Labute approximate surface area is 198 Å². The Morgan fingerprint density at radius 3 is 2.76 bits per heavy atom. The van der Waals surface area contributed by atoms with Gasteiger partial charge in [0.1, 0.15) is 12.1 Å². The molecule has 180 valence electrons. The number of aromatic nitrogens is 2. The number of hydrogen-bond donors (Lipinski definition) is 1. The maximum atomic E-state index is 11.8. The summed E-state index contributed by atoms with van der Waals surface area (Å²) >= 11 is 0. The molecule has 0 saturated carbocycles. The van der Waals surface area contributed by atoms with Crippen LogP contribution >= 0.6 is 0 Å². The SMILES string of the molecule is C[C@@H](Nc1ncnc2cc(OCCCCOC3CCCCO3)c([N+](=O)[O-])cc12)c1ccccc1. The summed E-state index contributed by atoms with van der Waals surface area (Å²) in [5.41, 5.74) is 1.56. The molecule has 0 bridgehead atoms. The molecule has 2 heterocycles. The van der Waals surface area contributed by atoms with E-state index in [2.05, 4.69) is 15.3 Å². The summed E-state index contributed by atoms with van der Waals surface area (Å²) in [6.45, 7) is 3.70. The van der Waals surface area contributed by atoms with Crippen LogP contribution in [0.25, 0.3) is 10.9 Å². The Morgan fingerprint density at radius 2 is 2.00 bits per heavy atom. The Morgan fingerprint density at radius 1 is 1.18 bits per heavy atom. The van der Waals surface area contributed by atoms with Crippen molar-refractivity contribution in [1.29, 1.82) is 0 Å². The van der Waals surface area contributed by atoms with Crippen LogP contribution < -0.4 is 10.1 Å². The zero-order valence-corrected chi connectivity index (χ0v) is 19.3. The molecule has 1 aliphatic heterocycles. The maximum absolute atomic E-state index is 11.8. The van der Waals surface area contributed by atoms with Crippen LogP contribution in [0.1, 0.15) is 50.6 Å². The minimum atomic E-state index is -0.435. The molecule has 34 heavy (non-hydrogen) atoms. The van der Waals surface area contributed by atoms with Gasteiger partial charge in [-0.15, -0.1) is 0 Å². The molecule has 0 aliphatic carbocycles. The van der Waals surface area contributed by atoms with Crippen molar-refractivity contribution in [3.05, 3.63) is 64.5 Å². The molecule has 0 spiro atoms. The van der Waals surface area contributed by atoms with Crippen molar-refractivity contribution in [3.8, 4) is 5.75 Å². The van der Waals surface area contributed by atoms with Gasteiger partial charge in [0.05, 0.1) is 17.0 Å². The highest BCUT2D eigenvalue weighted by Crippen LogP contribution is 2.34. The lowest BCUT2D eigenvalue weighted by atomic mass is 10.1. The monoisotopic (exact) mass is 466 g/mol. The highest BCUT2D eigenvalue weighted by Gasteiger charge is 2.20. The zero-order valence-electron chi connectivity index (χ0n) is 19.3. The standard InChI is InChI=1S/C25H30N4O5/c1-18(19-9-3-2-4-10-19)28-25-20-15-22(29(30)31)23(16-21(20)26-17-27-25)32-12-7-8-14-34-24-11-5-6-13-33-24/h2-4,9-10,15-18,24H,5-8,11-14H2,1H3,(H,26,27,28)/t18-,24?/m1/s1. The van der Waals surface area contributed by atoms with Crippen LogP contribution in [0.4, 0.5) is 11.5 Å². The number of ether oxygens (including phenoxy) is 3. The average molecular weight is 467 g/mol. The second-order valence-electron chi connectivity index (χ2n) is 8.32. The quantitative estimate of drug-likeness (QED) is 0.227. The van der Waals surface area contributed by atoms with Gasteiger partial charge in [0.15, 0.2) is 12.0 Å². The molecule has 1 aliphatic rings. The number of unbranched alkanes of at least 4 members (excludes halogenated alkanes) is 1. The number of nitro benzene ring substituents is 1. The van der Waals surface area contributed by atoms with Crippen molar-refractivity contribution in [1.82, 2.24) is 9.97 Å². The Kier molecular flexibility index (Phi) is 8.21. The fourth-order valence-corrected chi connectivity index (χ4v) is 3.92. The van der Waals surface area contributed by atoms with Gasteiger partial charge in [0, 0.05) is 36.8 Å². The lowest BCUT2D eigenvalue weighted by Crippen LogP contribution is -2.22. The third kappa shape index (κ3) is 6.18. The molecule has 9 heteroatoms. The predicted molar refractivity (Wildman–Crippen MR) is 129 cm³/mol. The van der Waals surface area contributed by atoms with Crippen LogP contribution in [0, 0.1) is 10.1 Å². The molecule has 2 aromatic carbocycles. The van der Waals surface area contributed by atoms with E-state index in [0.29, 0.717) is 36.4 Å². The number of fused-ring (bicyclic) bond motifs is 1. The Bertz CT molecular complexity index is 1090. The van der Waals surface area contributed by atoms with Crippen molar-refractivity contribution in [2.24, 2.45) is 0 Å². The summed E-state index contributed by atoms with van der Waals surface area (Å²) in [4.78, 5) is 20.0. The largest absolute Gasteiger partial charge is 0.487 e. The van der Waals surface area contributed by atoms with E-state index in [4.69, 9.17) is 14.2 Å². The lowest BCUT2D eigenvalue weighted by Gasteiger charge is -2.22.